The van der Waals surface area contributed by atoms with E-state index in [0.717, 1.165) is 12.8 Å². The fourth-order valence-electron chi connectivity index (χ4n) is 0.988. The predicted octanol–water partition coefficient (Wildman–Crippen LogP) is 3.32. The lowest BCUT2D eigenvalue weighted by atomic mass is 10.1. The Morgan fingerprint density at radius 1 is 1.09 bits per heavy atom. The topological polar surface area (TPSA) is 9.23 Å². The summed E-state index contributed by atoms with van der Waals surface area (Å²) >= 11 is 0. The van der Waals surface area contributed by atoms with E-state index in [9.17, 15) is 0 Å². The van der Waals surface area contributed by atoms with Crippen LogP contribution in [0.4, 0.5) is 0 Å². The molecule has 0 unspecified atom stereocenters. The molecule has 65 valence electrons. The Morgan fingerprint density at radius 2 is 1.73 bits per heavy atom. The van der Waals surface area contributed by atoms with Gasteiger partial charge in [-0.1, -0.05) is 25.3 Å². The quantitative estimate of drug-likeness (QED) is 0.386. The summed E-state index contributed by atoms with van der Waals surface area (Å²) in [5, 5.41) is 0. The molecule has 0 spiro atoms. The van der Waals surface area contributed by atoms with E-state index in [1.807, 2.05) is 12.7 Å². The van der Waals surface area contributed by atoms with E-state index in [-0.39, 0.29) is 0 Å². The van der Waals surface area contributed by atoms with E-state index in [2.05, 4.69) is 6.58 Å². The Hall–Kier alpha value is -0.300. The maximum Gasteiger partial charge on any atom is 0.0832 e. The first kappa shape index (κ1) is 10.7. The first-order valence-corrected chi connectivity index (χ1v) is 4.37. The van der Waals surface area contributed by atoms with Gasteiger partial charge in [-0.05, 0) is 19.3 Å². The second-order valence-electron chi connectivity index (χ2n) is 2.68. The minimum Gasteiger partial charge on any atom is -0.379 e. The summed E-state index contributed by atoms with van der Waals surface area (Å²) in [5.74, 6) is 0. The molecule has 0 saturated carbocycles. The van der Waals surface area contributed by atoms with Crippen molar-refractivity contribution in [1.29, 1.82) is 0 Å². The van der Waals surface area contributed by atoms with Crippen molar-refractivity contribution in [2.24, 2.45) is 0 Å². The number of ether oxygens (including phenoxy) is 1. The standard InChI is InChI=1S/C10H19O/c1-3-4-5-6-7-8-9-10-11-2/h3,10H,1,4-9H2,2H3. The average molecular weight is 155 g/mol. The van der Waals surface area contributed by atoms with Crippen LogP contribution in [0.5, 0.6) is 0 Å². The molecule has 1 nitrogen and oxygen atoms in total. The van der Waals surface area contributed by atoms with Crippen molar-refractivity contribution in [2.45, 2.75) is 38.5 Å². The molecule has 0 aromatic rings. The van der Waals surface area contributed by atoms with Crippen LogP contribution in [-0.2, 0) is 4.74 Å². The highest BCUT2D eigenvalue weighted by Crippen LogP contribution is 2.06. The number of methoxy groups -OCH3 is 1. The van der Waals surface area contributed by atoms with Crippen LogP contribution in [0.3, 0.4) is 0 Å². The molecule has 0 bridgehead atoms. The van der Waals surface area contributed by atoms with E-state index in [4.69, 9.17) is 4.74 Å². The molecular weight excluding hydrogens is 136 g/mol. The van der Waals surface area contributed by atoms with Crippen molar-refractivity contribution < 1.29 is 4.74 Å². The highest BCUT2D eigenvalue weighted by atomic mass is 16.5. The normalized spacial score (nSPS) is 9.91. The van der Waals surface area contributed by atoms with Crippen molar-refractivity contribution in [3.8, 4) is 0 Å². The van der Waals surface area contributed by atoms with Crippen LogP contribution < -0.4 is 0 Å². The fraction of sp³-hybridized carbons (Fsp3) is 0.700. The maximum atomic E-state index is 4.83. The largest absolute Gasteiger partial charge is 0.379 e. The molecule has 0 N–H and O–H groups in total. The van der Waals surface area contributed by atoms with Gasteiger partial charge in [-0.15, -0.1) is 6.58 Å². The maximum absolute atomic E-state index is 4.83. The van der Waals surface area contributed by atoms with Crippen molar-refractivity contribution in [3.63, 3.8) is 0 Å². The lowest BCUT2D eigenvalue weighted by molar-refractivity contribution is 0.262. The van der Waals surface area contributed by atoms with Gasteiger partial charge in [0, 0.05) is 7.11 Å². The summed E-state index contributed by atoms with van der Waals surface area (Å²) in [5.41, 5.74) is 0. The van der Waals surface area contributed by atoms with Crippen LogP contribution in [0.1, 0.15) is 38.5 Å². The Kier molecular flexibility index (Phi) is 9.44. The second kappa shape index (κ2) is 9.70. The zero-order valence-corrected chi connectivity index (χ0v) is 7.51. The fourth-order valence-corrected chi connectivity index (χ4v) is 0.988. The number of rotatable bonds is 8. The number of hydrogen-bond acceptors (Lipinski definition) is 1. The van der Waals surface area contributed by atoms with Gasteiger partial charge in [-0.2, -0.15) is 0 Å². The zero-order valence-electron chi connectivity index (χ0n) is 7.51. The highest BCUT2D eigenvalue weighted by Gasteiger charge is 1.88. The number of unbranched alkanes of at least 4 members (excludes halogenated alkanes) is 5. The van der Waals surface area contributed by atoms with Crippen LogP contribution in [0, 0.1) is 6.61 Å². The summed E-state index contributed by atoms with van der Waals surface area (Å²) in [7, 11) is 1.71. The Balaban J connectivity index is 2.74. The monoisotopic (exact) mass is 155 g/mol. The van der Waals surface area contributed by atoms with Gasteiger partial charge in [-0.25, -0.2) is 0 Å². The summed E-state index contributed by atoms with van der Waals surface area (Å²) < 4.78 is 4.83. The molecule has 1 heteroatoms. The van der Waals surface area contributed by atoms with Crippen molar-refractivity contribution in [2.75, 3.05) is 7.11 Å². The first-order valence-electron chi connectivity index (χ1n) is 4.37. The molecule has 0 aliphatic carbocycles. The second-order valence-corrected chi connectivity index (χ2v) is 2.68. The molecule has 0 fully saturated rings. The van der Waals surface area contributed by atoms with Gasteiger partial charge in [0.25, 0.3) is 0 Å². The Bertz CT molecular complexity index is 78.9. The smallest absolute Gasteiger partial charge is 0.0832 e. The van der Waals surface area contributed by atoms with Gasteiger partial charge < -0.3 is 4.74 Å². The molecule has 0 aliphatic heterocycles. The van der Waals surface area contributed by atoms with Gasteiger partial charge >= 0.3 is 0 Å². The van der Waals surface area contributed by atoms with Gasteiger partial charge in [0.05, 0.1) is 6.61 Å². The van der Waals surface area contributed by atoms with Gasteiger partial charge in [0.15, 0.2) is 0 Å². The van der Waals surface area contributed by atoms with Crippen molar-refractivity contribution in [3.05, 3.63) is 19.3 Å². The van der Waals surface area contributed by atoms with Crippen LogP contribution in [0.15, 0.2) is 12.7 Å². The van der Waals surface area contributed by atoms with E-state index < -0.39 is 0 Å². The average Bonchev–Trinajstić information content (AvgIpc) is 2.03. The molecule has 0 aromatic heterocycles. The molecule has 0 aromatic carbocycles. The summed E-state index contributed by atoms with van der Waals surface area (Å²) in [6.45, 7) is 5.55. The summed E-state index contributed by atoms with van der Waals surface area (Å²) in [4.78, 5) is 0. The lowest BCUT2D eigenvalue weighted by Crippen LogP contribution is -1.81. The molecule has 0 atom stereocenters. The van der Waals surface area contributed by atoms with Gasteiger partial charge in [0.1, 0.15) is 0 Å². The van der Waals surface area contributed by atoms with E-state index >= 15 is 0 Å². The zero-order chi connectivity index (χ0) is 8.36. The number of hydrogen-bond donors (Lipinski definition) is 0. The third-order valence-electron chi connectivity index (χ3n) is 1.65. The summed E-state index contributed by atoms with van der Waals surface area (Å²) in [6, 6.07) is 0. The summed E-state index contributed by atoms with van der Waals surface area (Å²) in [6.07, 6.45) is 9.42. The third kappa shape index (κ3) is 9.70. The van der Waals surface area contributed by atoms with Crippen LogP contribution in [0.25, 0.3) is 0 Å². The van der Waals surface area contributed by atoms with Crippen LogP contribution in [0.2, 0.25) is 0 Å². The number of allylic oxidation sites excluding steroid dienone is 1. The molecule has 0 heterocycles. The Morgan fingerprint density at radius 3 is 2.27 bits per heavy atom. The lowest BCUT2D eigenvalue weighted by Gasteiger charge is -1.98. The van der Waals surface area contributed by atoms with Gasteiger partial charge in [0.2, 0.25) is 0 Å². The first-order chi connectivity index (χ1) is 5.41. The molecule has 0 aliphatic rings. The highest BCUT2D eigenvalue weighted by molar-refractivity contribution is 4.65. The van der Waals surface area contributed by atoms with Crippen molar-refractivity contribution in [1.82, 2.24) is 0 Å². The minimum absolute atomic E-state index is 1.09. The molecule has 1 radical (unpaired) electrons. The van der Waals surface area contributed by atoms with Crippen LogP contribution >= 0.6 is 0 Å². The van der Waals surface area contributed by atoms with E-state index in [0.29, 0.717) is 0 Å². The molecule has 0 amide bonds. The predicted molar refractivity (Wildman–Crippen MR) is 49.2 cm³/mol. The molecule has 0 rings (SSSR count). The van der Waals surface area contributed by atoms with Crippen molar-refractivity contribution >= 4 is 0 Å². The SMILES string of the molecule is C=CCCCCCC[CH]OC. The van der Waals surface area contributed by atoms with Crippen LogP contribution in [-0.4, -0.2) is 7.11 Å². The minimum atomic E-state index is 1.09. The Labute approximate surface area is 70.4 Å². The third-order valence-corrected chi connectivity index (χ3v) is 1.65. The molecule has 11 heavy (non-hydrogen) atoms. The molecular formula is C10H19O. The van der Waals surface area contributed by atoms with E-state index in [1.54, 1.807) is 7.11 Å². The molecule has 0 saturated heterocycles. The van der Waals surface area contributed by atoms with E-state index in [1.165, 1.54) is 25.7 Å². The van der Waals surface area contributed by atoms with Gasteiger partial charge in [-0.3, -0.25) is 0 Å².